The van der Waals surface area contributed by atoms with Crippen molar-refractivity contribution < 1.29 is 13.7 Å². The molecule has 1 fully saturated rings. The summed E-state index contributed by atoms with van der Waals surface area (Å²) >= 11 is 5.36. The molecule has 0 atom stereocenters. The van der Waals surface area contributed by atoms with E-state index >= 15 is 0 Å². The van der Waals surface area contributed by atoms with E-state index in [1.54, 1.807) is 6.07 Å². The van der Waals surface area contributed by atoms with Crippen molar-refractivity contribution in [1.82, 2.24) is 10.5 Å². The number of nitrogens with zero attached hydrogens (tertiary/aromatic N) is 1. The van der Waals surface area contributed by atoms with Gasteiger partial charge in [0, 0.05) is 23.3 Å². The molecule has 0 spiro atoms. The second-order valence-corrected chi connectivity index (χ2v) is 6.14. The van der Waals surface area contributed by atoms with Gasteiger partial charge in [0.15, 0.2) is 10.6 Å². The Hall–Kier alpha value is -1.53. The molecule has 0 radical (unpaired) electrons. The van der Waals surface area contributed by atoms with Gasteiger partial charge in [0.1, 0.15) is 5.82 Å². The van der Waals surface area contributed by atoms with E-state index in [0.717, 1.165) is 37.0 Å². The molecule has 2 heterocycles. The van der Waals surface area contributed by atoms with Crippen molar-refractivity contribution >= 4 is 28.2 Å². The van der Waals surface area contributed by atoms with Crippen LogP contribution in [-0.2, 0) is 10.2 Å². The van der Waals surface area contributed by atoms with Crippen molar-refractivity contribution in [2.24, 2.45) is 0 Å². The molecule has 22 heavy (non-hydrogen) atoms. The summed E-state index contributed by atoms with van der Waals surface area (Å²) in [6, 6.07) is 4.56. The maximum atomic E-state index is 13.4. The number of halogens is 1. The highest BCUT2D eigenvalue weighted by molar-refractivity contribution is 7.80. The second-order valence-electron chi connectivity index (χ2n) is 5.68. The smallest absolute Gasteiger partial charge is 0.170 e. The van der Waals surface area contributed by atoms with E-state index in [-0.39, 0.29) is 11.2 Å². The van der Waals surface area contributed by atoms with Crippen molar-refractivity contribution in [3.8, 4) is 0 Å². The number of benzene rings is 1. The number of aromatic nitrogens is 1. The third kappa shape index (κ3) is 2.85. The molecule has 1 saturated heterocycles. The van der Waals surface area contributed by atoms with Gasteiger partial charge < -0.3 is 14.6 Å². The summed E-state index contributed by atoms with van der Waals surface area (Å²) in [7, 11) is 0. The Balaban J connectivity index is 2.02. The molecule has 0 saturated carbocycles. The van der Waals surface area contributed by atoms with E-state index in [4.69, 9.17) is 21.5 Å². The topological polar surface area (TPSA) is 47.3 Å². The summed E-state index contributed by atoms with van der Waals surface area (Å²) in [6.45, 7) is 4.28. The highest BCUT2D eigenvalue weighted by Crippen LogP contribution is 2.40. The number of fused-ring (bicyclic) bond motifs is 1. The lowest BCUT2D eigenvalue weighted by atomic mass is 9.72. The first-order valence-electron chi connectivity index (χ1n) is 7.56. The number of nitrogens with one attached hydrogen (secondary N) is 1. The van der Waals surface area contributed by atoms with Crippen LogP contribution in [0.5, 0.6) is 0 Å². The summed E-state index contributed by atoms with van der Waals surface area (Å²) in [6.07, 6.45) is 2.44. The fourth-order valence-corrected chi connectivity index (χ4v) is 3.58. The van der Waals surface area contributed by atoms with Crippen LogP contribution >= 0.6 is 12.2 Å². The lowest BCUT2D eigenvalue weighted by Crippen LogP contribution is -2.41. The first kappa shape index (κ1) is 15.4. The molecule has 1 aliphatic rings. The van der Waals surface area contributed by atoms with Crippen molar-refractivity contribution in [2.45, 2.75) is 31.6 Å². The van der Waals surface area contributed by atoms with Crippen LogP contribution in [0.15, 0.2) is 22.7 Å². The molecule has 1 aromatic heterocycles. The Morgan fingerprint density at radius 2 is 2.23 bits per heavy atom. The van der Waals surface area contributed by atoms with E-state index in [1.165, 1.54) is 12.1 Å². The first-order valence-corrected chi connectivity index (χ1v) is 7.97. The minimum atomic E-state index is -0.320. The average Bonchev–Trinajstić information content (AvgIpc) is 2.92. The number of ether oxygens (including phenoxy) is 1. The lowest BCUT2D eigenvalue weighted by Gasteiger charge is -2.36. The van der Waals surface area contributed by atoms with Gasteiger partial charge in [0.2, 0.25) is 0 Å². The van der Waals surface area contributed by atoms with Gasteiger partial charge in [-0.25, -0.2) is 4.39 Å². The number of rotatable bonds is 4. The maximum absolute atomic E-state index is 13.4. The standard InChI is InChI=1S/C16H19FN2O2S/c1-2-20-14(22)10-16(5-7-18-8-6-16)15-12-4-3-11(17)9-13(12)21-19-15/h3-4,9,18H,2,5-8,10H2,1H3. The van der Waals surface area contributed by atoms with Gasteiger partial charge in [-0.2, -0.15) is 0 Å². The zero-order valence-corrected chi connectivity index (χ0v) is 13.3. The molecule has 0 bridgehead atoms. The molecule has 2 aromatic rings. The summed E-state index contributed by atoms with van der Waals surface area (Å²) in [5.74, 6) is -0.320. The Morgan fingerprint density at radius 3 is 2.95 bits per heavy atom. The van der Waals surface area contributed by atoms with E-state index in [1.807, 2.05) is 6.92 Å². The Morgan fingerprint density at radius 1 is 1.45 bits per heavy atom. The number of hydrogen-bond acceptors (Lipinski definition) is 5. The van der Waals surface area contributed by atoms with Crippen molar-refractivity contribution in [1.29, 1.82) is 0 Å². The minimum Gasteiger partial charge on any atom is -0.487 e. The molecule has 1 aliphatic heterocycles. The minimum absolute atomic E-state index is 0.208. The van der Waals surface area contributed by atoms with Gasteiger partial charge in [0.05, 0.1) is 12.3 Å². The van der Waals surface area contributed by atoms with Gasteiger partial charge in [0.25, 0.3) is 0 Å². The normalized spacial score (nSPS) is 17.5. The van der Waals surface area contributed by atoms with E-state index in [9.17, 15) is 4.39 Å². The molecule has 1 N–H and O–H groups in total. The summed E-state index contributed by atoms with van der Waals surface area (Å²) in [5, 5.41) is 9.09. The molecular weight excluding hydrogens is 303 g/mol. The van der Waals surface area contributed by atoms with E-state index in [2.05, 4.69) is 10.5 Å². The Labute approximate surface area is 134 Å². The second kappa shape index (κ2) is 6.30. The Kier molecular flexibility index (Phi) is 4.40. The fraction of sp³-hybridized carbons (Fsp3) is 0.500. The van der Waals surface area contributed by atoms with Gasteiger partial charge in [-0.3, -0.25) is 0 Å². The Bertz CT molecular complexity index is 680. The van der Waals surface area contributed by atoms with Crippen molar-refractivity contribution in [3.05, 3.63) is 29.7 Å². The number of hydrogen-bond donors (Lipinski definition) is 1. The van der Waals surface area contributed by atoms with Crippen molar-refractivity contribution in [3.63, 3.8) is 0 Å². The third-order valence-electron chi connectivity index (χ3n) is 4.29. The van der Waals surface area contributed by atoms with Gasteiger partial charge in [-0.15, -0.1) is 0 Å². The molecule has 0 aliphatic carbocycles. The molecule has 4 nitrogen and oxygen atoms in total. The predicted molar refractivity (Wildman–Crippen MR) is 86.6 cm³/mol. The molecule has 0 unspecified atom stereocenters. The van der Waals surface area contributed by atoms with E-state index in [0.29, 0.717) is 23.7 Å². The zero-order valence-electron chi connectivity index (χ0n) is 12.5. The third-order valence-corrected chi connectivity index (χ3v) is 4.55. The van der Waals surface area contributed by atoms with Crippen LogP contribution in [0.2, 0.25) is 0 Å². The molecule has 3 rings (SSSR count). The van der Waals surface area contributed by atoms with Crippen LogP contribution in [0.4, 0.5) is 4.39 Å². The number of piperidine rings is 1. The SMILES string of the molecule is CCOC(=S)CC1(c2noc3cc(F)ccc23)CCNCC1. The lowest BCUT2D eigenvalue weighted by molar-refractivity contribution is 0.263. The van der Waals surface area contributed by atoms with Gasteiger partial charge in [-0.1, -0.05) is 5.16 Å². The van der Waals surface area contributed by atoms with Crippen molar-refractivity contribution in [2.75, 3.05) is 19.7 Å². The highest BCUT2D eigenvalue weighted by Gasteiger charge is 2.39. The molecule has 118 valence electrons. The maximum Gasteiger partial charge on any atom is 0.170 e. The summed E-state index contributed by atoms with van der Waals surface area (Å²) < 4.78 is 24.2. The molecule has 6 heteroatoms. The van der Waals surface area contributed by atoms with Gasteiger partial charge in [-0.05, 0) is 57.2 Å². The first-order chi connectivity index (χ1) is 10.6. The summed E-state index contributed by atoms with van der Waals surface area (Å²) in [4.78, 5) is 0. The van der Waals surface area contributed by atoms with Crippen LogP contribution in [0.1, 0.15) is 31.9 Å². The highest BCUT2D eigenvalue weighted by atomic mass is 32.1. The summed E-state index contributed by atoms with van der Waals surface area (Å²) in [5.41, 5.74) is 1.14. The van der Waals surface area contributed by atoms with Crippen LogP contribution in [-0.4, -0.2) is 29.9 Å². The molecule has 1 aromatic carbocycles. The zero-order chi connectivity index (χ0) is 15.6. The van der Waals surface area contributed by atoms with Crippen LogP contribution < -0.4 is 5.32 Å². The number of thiocarbonyl (C=S) groups is 1. The molecule has 0 amide bonds. The predicted octanol–water partition coefficient (Wildman–Crippen LogP) is 3.34. The van der Waals surface area contributed by atoms with E-state index < -0.39 is 0 Å². The average molecular weight is 322 g/mol. The molecular formula is C16H19FN2O2S. The van der Waals surface area contributed by atoms with Crippen LogP contribution in [0.3, 0.4) is 0 Å². The van der Waals surface area contributed by atoms with Crippen LogP contribution in [0, 0.1) is 5.82 Å². The largest absolute Gasteiger partial charge is 0.487 e. The fourth-order valence-electron chi connectivity index (χ4n) is 3.18. The monoisotopic (exact) mass is 322 g/mol. The van der Waals surface area contributed by atoms with Crippen LogP contribution in [0.25, 0.3) is 11.0 Å². The quantitative estimate of drug-likeness (QED) is 0.875. The van der Waals surface area contributed by atoms with Gasteiger partial charge >= 0.3 is 0 Å².